The number of carbonyl (C=O) groups is 3. The van der Waals surface area contributed by atoms with E-state index in [0.29, 0.717) is 10.0 Å². The van der Waals surface area contributed by atoms with Crippen molar-refractivity contribution in [2.24, 2.45) is 0 Å². The number of hydrogen-bond donors (Lipinski definition) is 3. The van der Waals surface area contributed by atoms with Gasteiger partial charge in [0.1, 0.15) is 11.4 Å². The molecule has 1 heterocycles. The second-order valence-electron chi connectivity index (χ2n) is 6.57. The van der Waals surface area contributed by atoms with Crippen molar-refractivity contribution in [1.29, 1.82) is 0 Å². The summed E-state index contributed by atoms with van der Waals surface area (Å²) in [6, 6.07) is 14.7. The first kappa shape index (κ1) is 23.2. The molecule has 0 fully saturated rings. The Kier molecular flexibility index (Phi) is 7.80. The van der Waals surface area contributed by atoms with Crippen LogP contribution in [0.25, 0.3) is 6.08 Å². The number of methoxy groups -OCH3 is 1. The molecule has 7 nitrogen and oxygen atoms in total. The standard InChI is InChI=1S/C23H19BrN2O5S/c1-31-23(30)20(12-17-6-3-9-32-17)26-22(29)18-8-7-15(11-19(18)24)21(28)25-13-14-4-2-5-16(27)10-14/h2-12,27H,13H2,1H3,(H,25,28)(H,26,29)/b20-12-. The van der Waals surface area contributed by atoms with E-state index < -0.39 is 11.9 Å². The topological polar surface area (TPSA) is 105 Å². The van der Waals surface area contributed by atoms with Gasteiger partial charge in [-0.15, -0.1) is 11.3 Å². The van der Waals surface area contributed by atoms with Crippen molar-refractivity contribution in [3.05, 3.63) is 91.7 Å². The highest BCUT2D eigenvalue weighted by Gasteiger charge is 2.18. The molecular formula is C23H19BrN2O5S. The van der Waals surface area contributed by atoms with Gasteiger partial charge in [-0.25, -0.2) is 4.79 Å². The average molecular weight is 515 g/mol. The zero-order chi connectivity index (χ0) is 23.1. The summed E-state index contributed by atoms with van der Waals surface area (Å²) in [4.78, 5) is 38.0. The van der Waals surface area contributed by atoms with Gasteiger partial charge < -0.3 is 20.5 Å². The maximum Gasteiger partial charge on any atom is 0.354 e. The molecule has 3 aromatic rings. The first-order valence-corrected chi connectivity index (χ1v) is 11.0. The van der Waals surface area contributed by atoms with E-state index in [1.165, 1.54) is 42.7 Å². The fraction of sp³-hybridized carbons (Fsp3) is 0.0870. The van der Waals surface area contributed by atoms with E-state index in [1.54, 1.807) is 30.3 Å². The van der Waals surface area contributed by atoms with E-state index in [9.17, 15) is 19.5 Å². The molecule has 0 bridgehead atoms. The van der Waals surface area contributed by atoms with Crippen LogP contribution in [-0.2, 0) is 16.1 Å². The molecule has 0 aliphatic carbocycles. The second-order valence-corrected chi connectivity index (χ2v) is 8.40. The van der Waals surface area contributed by atoms with Gasteiger partial charge in [0, 0.05) is 21.5 Å². The summed E-state index contributed by atoms with van der Waals surface area (Å²) in [5, 5.41) is 16.7. The van der Waals surface area contributed by atoms with E-state index in [-0.39, 0.29) is 29.5 Å². The average Bonchev–Trinajstić information content (AvgIpc) is 3.29. The lowest BCUT2D eigenvalue weighted by molar-refractivity contribution is -0.136. The largest absolute Gasteiger partial charge is 0.508 e. The van der Waals surface area contributed by atoms with Crippen LogP contribution < -0.4 is 10.6 Å². The third-order valence-corrected chi connectivity index (χ3v) is 5.80. The SMILES string of the molecule is COC(=O)/C(=C/c1cccs1)NC(=O)c1ccc(C(=O)NCc2cccc(O)c2)cc1Br. The number of phenols is 1. The van der Waals surface area contributed by atoms with Gasteiger partial charge in [0.25, 0.3) is 11.8 Å². The Morgan fingerprint density at radius 2 is 1.91 bits per heavy atom. The molecule has 9 heteroatoms. The van der Waals surface area contributed by atoms with Gasteiger partial charge in [0.2, 0.25) is 0 Å². The smallest absolute Gasteiger partial charge is 0.354 e. The summed E-state index contributed by atoms with van der Waals surface area (Å²) < 4.78 is 5.14. The number of carbonyl (C=O) groups excluding carboxylic acids is 3. The van der Waals surface area contributed by atoms with Gasteiger partial charge in [0.05, 0.1) is 12.7 Å². The molecule has 0 saturated heterocycles. The normalized spacial score (nSPS) is 11.0. The molecule has 0 unspecified atom stereocenters. The van der Waals surface area contributed by atoms with Crippen LogP contribution in [0.3, 0.4) is 0 Å². The molecule has 0 saturated carbocycles. The zero-order valence-corrected chi connectivity index (χ0v) is 19.3. The number of halogens is 1. The van der Waals surface area contributed by atoms with Gasteiger partial charge in [0.15, 0.2) is 0 Å². The Morgan fingerprint density at radius 3 is 2.56 bits per heavy atom. The molecule has 2 amide bonds. The fourth-order valence-electron chi connectivity index (χ4n) is 2.75. The number of aromatic hydroxyl groups is 1. The van der Waals surface area contributed by atoms with Crippen molar-refractivity contribution >= 4 is 51.1 Å². The van der Waals surface area contributed by atoms with Gasteiger partial charge in [-0.05, 0) is 69.3 Å². The summed E-state index contributed by atoms with van der Waals surface area (Å²) in [6.45, 7) is 0.239. The van der Waals surface area contributed by atoms with Crippen molar-refractivity contribution in [1.82, 2.24) is 10.6 Å². The summed E-state index contributed by atoms with van der Waals surface area (Å²) in [6.07, 6.45) is 1.53. The Bertz CT molecular complexity index is 1170. The van der Waals surface area contributed by atoms with Crippen LogP contribution in [0, 0.1) is 0 Å². The summed E-state index contributed by atoms with van der Waals surface area (Å²) in [5.74, 6) is -1.43. The van der Waals surface area contributed by atoms with Crippen LogP contribution in [0.1, 0.15) is 31.2 Å². The van der Waals surface area contributed by atoms with Crippen molar-refractivity contribution in [2.75, 3.05) is 7.11 Å². The van der Waals surface area contributed by atoms with Gasteiger partial charge in [-0.1, -0.05) is 18.2 Å². The number of benzene rings is 2. The van der Waals surface area contributed by atoms with E-state index in [2.05, 4.69) is 26.6 Å². The number of hydrogen-bond acceptors (Lipinski definition) is 6. The minimum Gasteiger partial charge on any atom is -0.508 e. The van der Waals surface area contributed by atoms with Crippen LogP contribution in [0.5, 0.6) is 5.75 Å². The van der Waals surface area contributed by atoms with E-state index in [4.69, 9.17) is 4.74 Å². The fourth-order valence-corrected chi connectivity index (χ4v) is 3.97. The van der Waals surface area contributed by atoms with Crippen LogP contribution >= 0.6 is 27.3 Å². The molecule has 3 N–H and O–H groups in total. The van der Waals surface area contributed by atoms with E-state index in [1.807, 2.05) is 11.4 Å². The predicted octanol–water partition coefficient (Wildman–Crippen LogP) is 4.09. The highest BCUT2D eigenvalue weighted by Crippen LogP contribution is 2.20. The Balaban J connectivity index is 1.71. The van der Waals surface area contributed by atoms with Gasteiger partial charge >= 0.3 is 5.97 Å². The van der Waals surface area contributed by atoms with Crippen molar-refractivity contribution < 1.29 is 24.2 Å². The maximum atomic E-state index is 12.7. The first-order valence-electron chi connectivity index (χ1n) is 9.38. The number of rotatable bonds is 7. The number of ether oxygens (including phenoxy) is 1. The molecule has 32 heavy (non-hydrogen) atoms. The Labute approximate surface area is 196 Å². The van der Waals surface area contributed by atoms with Crippen molar-refractivity contribution in [2.45, 2.75) is 6.54 Å². The lowest BCUT2D eigenvalue weighted by Gasteiger charge is -2.11. The predicted molar refractivity (Wildman–Crippen MR) is 125 cm³/mol. The second kappa shape index (κ2) is 10.7. The summed E-state index contributed by atoms with van der Waals surface area (Å²) in [5.41, 5.74) is 1.34. The molecule has 2 aromatic carbocycles. The van der Waals surface area contributed by atoms with Crippen LogP contribution in [0.2, 0.25) is 0 Å². The summed E-state index contributed by atoms with van der Waals surface area (Å²) >= 11 is 4.73. The third kappa shape index (κ3) is 6.05. The molecule has 1 aromatic heterocycles. The highest BCUT2D eigenvalue weighted by molar-refractivity contribution is 9.10. The van der Waals surface area contributed by atoms with Crippen molar-refractivity contribution in [3.8, 4) is 5.75 Å². The number of phenolic OH excluding ortho intramolecular Hbond substituents is 1. The number of amides is 2. The molecule has 0 spiro atoms. The van der Waals surface area contributed by atoms with Gasteiger partial charge in [-0.3, -0.25) is 9.59 Å². The van der Waals surface area contributed by atoms with Gasteiger partial charge in [-0.2, -0.15) is 0 Å². The molecule has 0 radical (unpaired) electrons. The number of nitrogens with one attached hydrogen (secondary N) is 2. The van der Waals surface area contributed by atoms with Crippen LogP contribution in [-0.4, -0.2) is 30.0 Å². The minimum atomic E-state index is -0.675. The minimum absolute atomic E-state index is 0.000201. The lowest BCUT2D eigenvalue weighted by atomic mass is 10.1. The van der Waals surface area contributed by atoms with E-state index in [0.717, 1.165) is 10.4 Å². The Hall–Kier alpha value is -3.43. The van der Waals surface area contributed by atoms with Crippen molar-refractivity contribution in [3.63, 3.8) is 0 Å². The monoisotopic (exact) mass is 514 g/mol. The Morgan fingerprint density at radius 1 is 1.09 bits per heavy atom. The third-order valence-electron chi connectivity index (χ3n) is 4.32. The summed E-state index contributed by atoms with van der Waals surface area (Å²) in [7, 11) is 1.23. The lowest BCUT2D eigenvalue weighted by Crippen LogP contribution is -2.28. The number of thiophene rings is 1. The van der Waals surface area contributed by atoms with E-state index >= 15 is 0 Å². The van der Waals surface area contributed by atoms with Crippen LogP contribution in [0.15, 0.2) is 70.1 Å². The van der Waals surface area contributed by atoms with Crippen LogP contribution in [0.4, 0.5) is 0 Å². The molecule has 0 aliphatic heterocycles. The first-order chi connectivity index (χ1) is 15.4. The highest BCUT2D eigenvalue weighted by atomic mass is 79.9. The zero-order valence-electron chi connectivity index (χ0n) is 16.9. The molecule has 164 valence electrons. The molecule has 3 rings (SSSR count). The number of esters is 1. The molecular weight excluding hydrogens is 496 g/mol. The molecule has 0 atom stereocenters. The molecule has 0 aliphatic rings. The quantitative estimate of drug-likeness (QED) is 0.325. The maximum absolute atomic E-state index is 12.7.